The van der Waals surface area contributed by atoms with Gasteiger partial charge in [0.05, 0.1) is 24.4 Å². The Morgan fingerprint density at radius 2 is 1.82 bits per heavy atom. The molecule has 0 unspecified atom stereocenters. The smallest absolute Gasteiger partial charge is 0.303 e. The molecule has 0 bridgehead atoms. The van der Waals surface area contributed by atoms with Crippen molar-refractivity contribution in [3.8, 4) is 0 Å². The lowest BCUT2D eigenvalue weighted by molar-refractivity contribution is -0.136. The highest BCUT2D eigenvalue weighted by molar-refractivity contribution is 5.66. The standard InChI is InChI=1S/C22H34O6/c1-2-3-8-12-18(24)21-16-19(25)20(28-21)15-14-17(23)11-9-6-4-5-7-10-13-22(26)27/h3,5-9,14-15,17-21,23-25H,2,4,10-13,16H2,1H3,(H,26,27)/b7-5-,8-3-,9-6-,15-14+/t17-,18+,19+,20+,21+/m0/s1. The first-order valence-electron chi connectivity index (χ1n) is 9.98. The topological polar surface area (TPSA) is 107 Å². The van der Waals surface area contributed by atoms with E-state index < -0.39 is 36.5 Å². The van der Waals surface area contributed by atoms with Crippen LogP contribution in [-0.2, 0) is 9.53 Å². The summed E-state index contributed by atoms with van der Waals surface area (Å²) in [6, 6.07) is 0. The number of carboxylic acids is 1. The highest BCUT2D eigenvalue weighted by Gasteiger charge is 2.35. The summed E-state index contributed by atoms with van der Waals surface area (Å²) < 4.78 is 5.71. The van der Waals surface area contributed by atoms with Gasteiger partial charge in [0.15, 0.2) is 0 Å². The number of ether oxygens (including phenoxy) is 1. The maximum Gasteiger partial charge on any atom is 0.303 e. The maximum atomic E-state index is 10.4. The molecule has 5 atom stereocenters. The van der Waals surface area contributed by atoms with E-state index in [-0.39, 0.29) is 6.42 Å². The first kappa shape index (κ1) is 24.3. The predicted octanol–water partition coefficient (Wildman–Crippen LogP) is 2.90. The molecule has 4 N–H and O–H groups in total. The van der Waals surface area contributed by atoms with Gasteiger partial charge < -0.3 is 25.2 Å². The molecule has 0 aromatic carbocycles. The monoisotopic (exact) mass is 394 g/mol. The third-order valence-electron chi connectivity index (χ3n) is 4.42. The van der Waals surface area contributed by atoms with Gasteiger partial charge in [0.25, 0.3) is 0 Å². The summed E-state index contributed by atoms with van der Waals surface area (Å²) in [7, 11) is 0. The highest BCUT2D eigenvalue weighted by atomic mass is 16.5. The zero-order chi connectivity index (χ0) is 20.8. The fraction of sp³-hybridized carbons (Fsp3) is 0.591. The van der Waals surface area contributed by atoms with Gasteiger partial charge in [0.2, 0.25) is 0 Å². The molecule has 0 aliphatic carbocycles. The molecule has 1 fully saturated rings. The summed E-state index contributed by atoms with van der Waals surface area (Å²) in [6.07, 6.45) is 15.3. The van der Waals surface area contributed by atoms with Crippen molar-refractivity contribution >= 4 is 5.97 Å². The Morgan fingerprint density at radius 1 is 1.11 bits per heavy atom. The van der Waals surface area contributed by atoms with Crippen LogP contribution in [0.25, 0.3) is 0 Å². The Labute approximate surface area is 167 Å². The molecule has 0 radical (unpaired) electrons. The first-order valence-corrected chi connectivity index (χ1v) is 9.98. The third-order valence-corrected chi connectivity index (χ3v) is 4.42. The van der Waals surface area contributed by atoms with E-state index in [4.69, 9.17) is 9.84 Å². The van der Waals surface area contributed by atoms with Gasteiger partial charge >= 0.3 is 5.97 Å². The number of rotatable bonds is 13. The summed E-state index contributed by atoms with van der Waals surface area (Å²) in [6.45, 7) is 2.03. The van der Waals surface area contributed by atoms with Crippen molar-refractivity contribution in [2.45, 2.75) is 82.4 Å². The van der Waals surface area contributed by atoms with Crippen molar-refractivity contribution in [3.63, 3.8) is 0 Å². The normalized spacial score (nSPS) is 25.5. The molecule has 0 amide bonds. The molecular formula is C22H34O6. The van der Waals surface area contributed by atoms with Crippen molar-refractivity contribution in [2.75, 3.05) is 0 Å². The number of aliphatic hydroxyl groups is 3. The molecule has 28 heavy (non-hydrogen) atoms. The summed E-state index contributed by atoms with van der Waals surface area (Å²) in [5.74, 6) is -0.805. The number of carbonyl (C=O) groups is 1. The van der Waals surface area contributed by atoms with Crippen LogP contribution in [0.3, 0.4) is 0 Å². The van der Waals surface area contributed by atoms with E-state index in [1.165, 1.54) is 0 Å². The molecule has 1 aliphatic rings. The quantitative estimate of drug-likeness (QED) is 0.358. The first-order chi connectivity index (χ1) is 13.4. The summed E-state index contributed by atoms with van der Waals surface area (Å²) >= 11 is 0. The highest BCUT2D eigenvalue weighted by Crippen LogP contribution is 2.25. The second-order valence-corrected chi connectivity index (χ2v) is 6.92. The van der Waals surface area contributed by atoms with Gasteiger partial charge in [-0.05, 0) is 32.1 Å². The van der Waals surface area contributed by atoms with Gasteiger partial charge in [-0.3, -0.25) is 4.79 Å². The number of aliphatic carboxylic acids is 1. The molecule has 6 nitrogen and oxygen atoms in total. The van der Waals surface area contributed by atoms with E-state index in [0.717, 1.165) is 6.42 Å². The van der Waals surface area contributed by atoms with E-state index >= 15 is 0 Å². The van der Waals surface area contributed by atoms with Crippen LogP contribution in [0.2, 0.25) is 0 Å². The Hall–Kier alpha value is -1.73. The van der Waals surface area contributed by atoms with Crippen LogP contribution in [0.5, 0.6) is 0 Å². The molecule has 6 heteroatoms. The van der Waals surface area contributed by atoms with Crippen LogP contribution in [-0.4, -0.2) is 56.9 Å². The van der Waals surface area contributed by atoms with Crippen LogP contribution < -0.4 is 0 Å². The number of hydrogen-bond donors (Lipinski definition) is 4. The van der Waals surface area contributed by atoms with E-state index in [2.05, 4.69) is 0 Å². The molecule has 0 spiro atoms. The van der Waals surface area contributed by atoms with Gasteiger partial charge in [0, 0.05) is 12.8 Å². The van der Waals surface area contributed by atoms with Gasteiger partial charge in [-0.1, -0.05) is 55.5 Å². The SMILES string of the molecule is CC/C=C\C[C@@H](O)[C@H]1C[C@@H](O)[C@@H](/C=C/[C@@H](O)C/C=C\C/C=C\CCC(=O)O)O1. The maximum absolute atomic E-state index is 10.4. The zero-order valence-corrected chi connectivity index (χ0v) is 16.6. The molecule has 1 heterocycles. The Balaban J connectivity index is 2.29. The second kappa shape index (κ2) is 14.3. The molecule has 0 aromatic heterocycles. The molecule has 1 aliphatic heterocycles. The van der Waals surface area contributed by atoms with Gasteiger partial charge in [-0.2, -0.15) is 0 Å². The van der Waals surface area contributed by atoms with E-state index in [1.54, 1.807) is 12.2 Å². The molecule has 158 valence electrons. The van der Waals surface area contributed by atoms with Crippen LogP contribution in [0.4, 0.5) is 0 Å². The molecule has 1 rings (SSSR count). The van der Waals surface area contributed by atoms with Crippen molar-refractivity contribution in [2.24, 2.45) is 0 Å². The predicted molar refractivity (Wildman–Crippen MR) is 109 cm³/mol. The number of aliphatic hydroxyl groups excluding tert-OH is 3. The van der Waals surface area contributed by atoms with Crippen LogP contribution >= 0.6 is 0 Å². The van der Waals surface area contributed by atoms with Crippen LogP contribution in [0.1, 0.15) is 51.9 Å². The van der Waals surface area contributed by atoms with E-state index in [1.807, 2.05) is 43.4 Å². The van der Waals surface area contributed by atoms with Crippen molar-refractivity contribution in [1.29, 1.82) is 0 Å². The van der Waals surface area contributed by atoms with E-state index in [0.29, 0.717) is 32.1 Å². The Morgan fingerprint density at radius 3 is 2.54 bits per heavy atom. The Kier molecular flexibility index (Phi) is 12.4. The van der Waals surface area contributed by atoms with Crippen molar-refractivity contribution < 1.29 is 30.0 Å². The molecular weight excluding hydrogens is 360 g/mol. The van der Waals surface area contributed by atoms with Crippen LogP contribution in [0, 0.1) is 0 Å². The fourth-order valence-electron chi connectivity index (χ4n) is 2.84. The zero-order valence-electron chi connectivity index (χ0n) is 16.6. The molecule has 0 aromatic rings. The average Bonchev–Trinajstić information content (AvgIpc) is 3.03. The minimum absolute atomic E-state index is 0.131. The molecule has 1 saturated heterocycles. The lowest BCUT2D eigenvalue weighted by Gasteiger charge is -2.16. The van der Waals surface area contributed by atoms with Crippen molar-refractivity contribution in [1.82, 2.24) is 0 Å². The second-order valence-electron chi connectivity index (χ2n) is 6.92. The van der Waals surface area contributed by atoms with E-state index in [9.17, 15) is 20.1 Å². The van der Waals surface area contributed by atoms with Crippen molar-refractivity contribution in [3.05, 3.63) is 48.6 Å². The minimum Gasteiger partial charge on any atom is -0.481 e. The summed E-state index contributed by atoms with van der Waals surface area (Å²) in [4.78, 5) is 10.4. The number of hydrogen-bond acceptors (Lipinski definition) is 5. The van der Waals surface area contributed by atoms with Gasteiger partial charge in [-0.15, -0.1) is 0 Å². The summed E-state index contributed by atoms with van der Waals surface area (Å²) in [5.41, 5.74) is 0. The lowest BCUT2D eigenvalue weighted by atomic mass is 10.0. The fourth-order valence-corrected chi connectivity index (χ4v) is 2.84. The Bertz CT molecular complexity index is 551. The van der Waals surface area contributed by atoms with Gasteiger partial charge in [-0.25, -0.2) is 0 Å². The number of carboxylic acid groups (broad SMARTS) is 1. The lowest BCUT2D eigenvalue weighted by Crippen LogP contribution is -2.25. The summed E-state index contributed by atoms with van der Waals surface area (Å²) in [5, 5.41) is 38.8. The largest absolute Gasteiger partial charge is 0.481 e. The van der Waals surface area contributed by atoms with Gasteiger partial charge in [0.1, 0.15) is 6.10 Å². The molecule has 0 saturated carbocycles. The average molecular weight is 395 g/mol. The minimum atomic E-state index is -0.805. The third kappa shape index (κ3) is 10.6. The van der Waals surface area contributed by atoms with Crippen LogP contribution in [0.15, 0.2) is 48.6 Å². The number of allylic oxidation sites excluding steroid dienone is 4.